The van der Waals surface area contributed by atoms with E-state index in [9.17, 15) is 0 Å². The Hall–Kier alpha value is -0.350. The number of hydrogen-bond donors (Lipinski definition) is 0. The van der Waals surface area contributed by atoms with E-state index in [1.165, 1.54) is 0 Å². The van der Waals surface area contributed by atoms with E-state index in [2.05, 4.69) is 25.9 Å². The second-order valence-electron chi connectivity index (χ2n) is 3.63. The molecule has 2 nitrogen and oxygen atoms in total. The average Bonchev–Trinajstić information content (AvgIpc) is 2.30. The number of benzene rings is 1. The van der Waals surface area contributed by atoms with Crippen LogP contribution in [0.4, 0.5) is 0 Å². The maximum Gasteiger partial charge on any atom is 0.149 e. The highest BCUT2D eigenvalue weighted by molar-refractivity contribution is 9.10. The van der Waals surface area contributed by atoms with Gasteiger partial charge in [0.05, 0.1) is 10.9 Å². The molecule has 0 amide bonds. The average molecular weight is 366 g/mol. The predicted octanol–water partition coefficient (Wildman–Crippen LogP) is 5.51. The molecule has 0 aliphatic carbocycles. The summed E-state index contributed by atoms with van der Waals surface area (Å²) in [6.07, 6.45) is 0. The first-order valence-electron chi connectivity index (χ1n) is 5.12. The lowest BCUT2D eigenvalue weighted by Crippen LogP contribution is -1.99. The summed E-state index contributed by atoms with van der Waals surface area (Å²) in [7, 11) is 0. The molecule has 0 aliphatic rings. The lowest BCUT2D eigenvalue weighted by atomic mass is 10.1. The minimum atomic E-state index is -0.340. The first kappa shape index (κ1) is 14.1. The van der Waals surface area contributed by atoms with Gasteiger partial charge in [0.15, 0.2) is 0 Å². The molecule has 0 bridgehead atoms. The molecule has 1 aromatic carbocycles. The molecule has 2 rings (SSSR count). The second-order valence-corrected chi connectivity index (χ2v) is 5.86. The summed E-state index contributed by atoms with van der Waals surface area (Å²) < 4.78 is 0.879. The van der Waals surface area contributed by atoms with Gasteiger partial charge < -0.3 is 0 Å². The number of rotatable bonds is 2. The number of aromatic nitrogens is 2. The van der Waals surface area contributed by atoms with Crippen LogP contribution in [0, 0.1) is 0 Å². The van der Waals surface area contributed by atoms with Gasteiger partial charge >= 0.3 is 0 Å². The molecule has 94 valence electrons. The fraction of sp³-hybridized carbons (Fsp3) is 0.167. The van der Waals surface area contributed by atoms with Gasteiger partial charge in [0.2, 0.25) is 0 Å². The van der Waals surface area contributed by atoms with Crippen molar-refractivity contribution in [2.24, 2.45) is 0 Å². The van der Waals surface area contributed by atoms with Crippen molar-refractivity contribution in [2.75, 3.05) is 0 Å². The Bertz CT molecular complexity index is 564. The first-order chi connectivity index (χ1) is 8.50. The molecule has 0 saturated carbocycles. The Labute approximate surface area is 128 Å². The highest BCUT2D eigenvalue weighted by atomic mass is 79.9. The lowest BCUT2D eigenvalue weighted by Gasteiger charge is -2.10. The maximum atomic E-state index is 6.17. The Kier molecular flexibility index (Phi) is 4.49. The van der Waals surface area contributed by atoms with E-state index in [0.29, 0.717) is 21.7 Å². The summed E-state index contributed by atoms with van der Waals surface area (Å²) in [6.45, 7) is 1.77. The Balaban J connectivity index is 2.63. The van der Waals surface area contributed by atoms with Crippen LogP contribution in [0.25, 0.3) is 11.1 Å². The van der Waals surface area contributed by atoms with Crippen LogP contribution in [0.2, 0.25) is 10.3 Å². The summed E-state index contributed by atoms with van der Waals surface area (Å²) in [5, 5.41) is 0.252. The lowest BCUT2D eigenvalue weighted by molar-refractivity contribution is 0.912. The molecule has 1 atom stereocenters. The molecule has 18 heavy (non-hydrogen) atoms. The van der Waals surface area contributed by atoms with Gasteiger partial charge in [-0.15, -0.1) is 11.6 Å². The van der Waals surface area contributed by atoms with Gasteiger partial charge in [-0.05, 0) is 13.0 Å². The van der Waals surface area contributed by atoms with Crippen molar-refractivity contribution < 1.29 is 0 Å². The summed E-state index contributed by atoms with van der Waals surface area (Å²) in [5.74, 6) is 0.419. The third-order valence-electron chi connectivity index (χ3n) is 2.34. The van der Waals surface area contributed by atoms with Gasteiger partial charge in [0.25, 0.3) is 0 Å². The second kappa shape index (κ2) is 5.74. The zero-order valence-corrected chi connectivity index (χ0v) is 13.1. The van der Waals surface area contributed by atoms with Crippen molar-refractivity contribution in [2.45, 2.75) is 12.3 Å². The maximum absolute atomic E-state index is 6.17. The zero-order chi connectivity index (χ0) is 13.3. The molecular weight excluding hydrogens is 358 g/mol. The summed E-state index contributed by atoms with van der Waals surface area (Å²) >= 11 is 21.7. The van der Waals surface area contributed by atoms with E-state index >= 15 is 0 Å². The minimum absolute atomic E-state index is 0.296. The monoisotopic (exact) mass is 364 g/mol. The van der Waals surface area contributed by atoms with Crippen LogP contribution in [0.3, 0.4) is 0 Å². The highest BCUT2D eigenvalue weighted by Crippen LogP contribution is 2.37. The standard InChI is InChI=1S/C12H8BrCl3N2/c1-6(14)12-17-10(15)9(11(16)18-12)7-4-2-3-5-8(7)13/h2-6H,1H3. The van der Waals surface area contributed by atoms with Gasteiger partial charge in [0, 0.05) is 10.0 Å². The van der Waals surface area contributed by atoms with Crippen molar-refractivity contribution in [3.63, 3.8) is 0 Å². The van der Waals surface area contributed by atoms with Crippen molar-refractivity contribution in [3.8, 4) is 11.1 Å². The van der Waals surface area contributed by atoms with Crippen LogP contribution in [0.5, 0.6) is 0 Å². The molecular formula is C12H8BrCl3N2. The van der Waals surface area contributed by atoms with Crippen molar-refractivity contribution in [1.82, 2.24) is 9.97 Å². The quantitative estimate of drug-likeness (QED) is 0.517. The van der Waals surface area contributed by atoms with Crippen LogP contribution >= 0.6 is 50.7 Å². The predicted molar refractivity (Wildman–Crippen MR) is 79.5 cm³/mol. The van der Waals surface area contributed by atoms with Crippen LogP contribution in [-0.2, 0) is 0 Å². The topological polar surface area (TPSA) is 25.8 Å². The molecule has 0 saturated heterocycles. The summed E-state index contributed by atoms with van der Waals surface area (Å²) in [5.41, 5.74) is 1.45. The molecule has 6 heteroatoms. The molecule has 0 aliphatic heterocycles. The molecule has 2 aromatic rings. The number of halogens is 4. The smallest absolute Gasteiger partial charge is 0.149 e. The van der Waals surface area contributed by atoms with Crippen molar-refractivity contribution >= 4 is 50.7 Å². The van der Waals surface area contributed by atoms with Gasteiger partial charge in [-0.3, -0.25) is 0 Å². The van der Waals surface area contributed by atoms with E-state index in [1.807, 2.05) is 24.3 Å². The minimum Gasteiger partial charge on any atom is -0.219 e. The van der Waals surface area contributed by atoms with Gasteiger partial charge in [-0.1, -0.05) is 57.3 Å². The number of alkyl halides is 1. The molecule has 1 heterocycles. The van der Waals surface area contributed by atoms with E-state index in [-0.39, 0.29) is 5.38 Å². The first-order valence-corrected chi connectivity index (χ1v) is 7.11. The third kappa shape index (κ3) is 2.80. The van der Waals surface area contributed by atoms with Gasteiger partial charge in [0.1, 0.15) is 16.1 Å². The molecule has 0 fully saturated rings. The van der Waals surface area contributed by atoms with E-state index in [1.54, 1.807) is 6.92 Å². The summed E-state index contributed by atoms with van der Waals surface area (Å²) in [4.78, 5) is 8.34. The van der Waals surface area contributed by atoms with Crippen LogP contribution in [0.1, 0.15) is 18.1 Å². The van der Waals surface area contributed by atoms with Gasteiger partial charge in [-0.25, -0.2) is 9.97 Å². The highest BCUT2D eigenvalue weighted by Gasteiger charge is 2.17. The van der Waals surface area contributed by atoms with Crippen LogP contribution in [-0.4, -0.2) is 9.97 Å². The normalized spacial score (nSPS) is 12.5. The molecule has 0 N–H and O–H groups in total. The van der Waals surface area contributed by atoms with Crippen LogP contribution in [0.15, 0.2) is 28.7 Å². The SMILES string of the molecule is CC(Cl)c1nc(Cl)c(-c2ccccc2Br)c(Cl)n1. The van der Waals surface area contributed by atoms with E-state index < -0.39 is 0 Å². The fourth-order valence-corrected chi connectivity index (χ4v) is 2.67. The van der Waals surface area contributed by atoms with Crippen LogP contribution < -0.4 is 0 Å². The molecule has 0 spiro atoms. The van der Waals surface area contributed by atoms with Crippen molar-refractivity contribution in [3.05, 3.63) is 44.9 Å². The van der Waals surface area contributed by atoms with E-state index in [0.717, 1.165) is 10.0 Å². The molecule has 0 radical (unpaired) electrons. The number of nitrogens with zero attached hydrogens (tertiary/aromatic N) is 2. The molecule has 1 unspecified atom stereocenters. The largest absolute Gasteiger partial charge is 0.219 e. The Morgan fingerprint density at radius 2 is 1.67 bits per heavy atom. The van der Waals surface area contributed by atoms with Crippen molar-refractivity contribution in [1.29, 1.82) is 0 Å². The fourth-order valence-electron chi connectivity index (χ4n) is 1.49. The number of hydrogen-bond acceptors (Lipinski definition) is 2. The van der Waals surface area contributed by atoms with E-state index in [4.69, 9.17) is 34.8 Å². The zero-order valence-electron chi connectivity index (χ0n) is 9.29. The summed E-state index contributed by atoms with van der Waals surface area (Å²) in [6, 6.07) is 7.60. The Morgan fingerprint density at radius 1 is 1.11 bits per heavy atom. The van der Waals surface area contributed by atoms with Gasteiger partial charge in [-0.2, -0.15) is 0 Å². The Morgan fingerprint density at radius 3 is 2.17 bits per heavy atom. The third-order valence-corrected chi connectivity index (χ3v) is 3.77. The molecule has 1 aromatic heterocycles.